The van der Waals surface area contributed by atoms with E-state index in [1.54, 1.807) is 0 Å². The maximum absolute atomic E-state index is 5.94. The molecule has 0 N–H and O–H groups in total. The molecule has 10 heavy (non-hydrogen) atoms. The van der Waals surface area contributed by atoms with Gasteiger partial charge in [-0.2, -0.15) is 0 Å². The Bertz CT molecular complexity index is 122. The molecule has 58 valence electrons. The summed E-state index contributed by atoms with van der Waals surface area (Å²) in [5, 5.41) is 1.40. The third kappa shape index (κ3) is 2.63. The van der Waals surface area contributed by atoms with Gasteiger partial charge in [0.1, 0.15) is 0 Å². The molecule has 1 aliphatic rings. The Balaban J connectivity index is 2.29. The van der Waals surface area contributed by atoms with Crippen LogP contribution in [0.3, 0.4) is 0 Å². The first-order valence-electron chi connectivity index (χ1n) is 3.69. The standard InChI is InChI=1S/C8H12BrCl/c9-5-4-7-2-1-3-8(10)6-7/h1,3,7-8H,2,4-6H2. The van der Waals surface area contributed by atoms with Gasteiger partial charge in [0.25, 0.3) is 0 Å². The van der Waals surface area contributed by atoms with Gasteiger partial charge < -0.3 is 0 Å². The highest BCUT2D eigenvalue weighted by molar-refractivity contribution is 9.09. The summed E-state index contributed by atoms with van der Waals surface area (Å²) in [4.78, 5) is 0. The molecule has 2 atom stereocenters. The van der Waals surface area contributed by atoms with Crippen molar-refractivity contribution in [3.8, 4) is 0 Å². The summed E-state index contributed by atoms with van der Waals surface area (Å²) in [7, 11) is 0. The van der Waals surface area contributed by atoms with Gasteiger partial charge in [-0.05, 0) is 25.2 Å². The average Bonchev–Trinajstić information content (AvgIpc) is 1.88. The molecular formula is C8H12BrCl. The summed E-state index contributed by atoms with van der Waals surface area (Å²) in [5.74, 6) is 0.812. The van der Waals surface area contributed by atoms with Gasteiger partial charge >= 0.3 is 0 Å². The van der Waals surface area contributed by atoms with Crippen LogP contribution in [-0.2, 0) is 0 Å². The Morgan fingerprint density at radius 1 is 1.60 bits per heavy atom. The number of hydrogen-bond donors (Lipinski definition) is 0. The molecule has 0 fully saturated rings. The normalized spacial score (nSPS) is 32.6. The molecule has 1 rings (SSSR count). The van der Waals surface area contributed by atoms with Crippen molar-refractivity contribution in [3.63, 3.8) is 0 Å². The van der Waals surface area contributed by atoms with E-state index in [1.165, 1.54) is 12.8 Å². The van der Waals surface area contributed by atoms with Gasteiger partial charge in [-0.15, -0.1) is 11.6 Å². The fourth-order valence-electron chi connectivity index (χ4n) is 1.30. The van der Waals surface area contributed by atoms with Crippen LogP contribution in [0.25, 0.3) is 0 Å². The zero-order chi connectivity index (χ0) is 7.40. The van der Waals surface area contributed by atoms with Crippen molar-refractivity contribution in [1.29, 1.82) is 0 Å². The van der Waals surface area contributed by atoms with Crippen molar-refractivity contribution in [2.75, 3.05) is 5.33 Å². The highest BCUT2D eigenvalue weighted by atomic mass is 79.9. The van der Waals surface area contributed by atoms with Crippen molar-refractivity contribution >= 4 is 27.5 Å². The fraction of sp³-hybridized carbons (Fsp3) is 0.750. The van der Waals surface area contributed by atoms with E-state index < -0.39 is 0 Å². The molecule has 0 amide bonds. The first-order valence-corrected chi connectivity index (χ1v) is 5.25. The summed E-state index contributed by atoms with van der Waals surface area (Å²) in [6, 6.07) is 0. The predicted octanol–water partition coefficient (Wildman–Crippen LogP) is 3.35. The highest BCUT2D eigenvalue weighted by Gasteiger charge is 2.14. The second-order valence-electron chi connectivity index (χ2n) is 2.76. The van der Waals surface area contributed by atoms with Gasteiger partial charge in [0, 0.05) is 5.33 Å². The summed E-state index contributed by atoms with van der Waals surface area (Å²) < 4.78 is 0. The Morgan fingerprint density at radius 3 is 3.00 bits per heavy atom. The Kier molecular flexibility index (Phi) is 3.79. The minimum Gasteiger partial charge on any atom is -0.118 e. The lowest BCUT2D eigenvalue weighted by molar-refractivity contribution is 0.473. The Morgan fingerprint density at radius 2 is 2.40 bits per heavy atom. The molecule has 0 heterocycles. The van der Waals surface area contributed by atoms with Crippen molar-refractivity contribution in [2.45, 2.75) is 24.6 Å². The van der Waals surface area contributed by atoms with Crippen LogP contribution >= 0.6 is 27.5 Å². The van der Waals surface area contributed by atoms with Crippen molar-refractivity contribution in [2.24, 2.45) is 5.92 Å². The van der Waals surface area contributed by atoms with Gasteiger partial charge in [0.05, 0.1) is 5.38 Å². The maximum atomic E-state index is 5.94. The molecule has 0 nitrogen and oxygen atoms in total. The first-order chi connectivity index (χ1) is 4.83. The van der Waals surface area contributed by atoms with Crippen LogP contribution in [-0.4, -0.2) is 10.7 Å². The average molecular weight is 224 g/mol. The molecule has 0 saturated heterocycles. The Hall–Kier alpha value is 0.510. The summed E-state index contributed by atoms with van der Waals surface area (Å²) >= 11 is 9.38. The Labute approximate surface area is 75.8 Å². The van der Waals surface area contributed by atoms with Crippen molar-refractivity contribution in [3.05, 3.63) is 12.2 Å². The second-order valence-corrected chi connectivity index (χ2v) is 4.11. The van der Waals surface area contributed by atoms with Crippen molar-refractivity contribution in [1.82, 2.24) is 0 Å². The summed E-state index contributed by atoms with van der Waals surface area (Å²) in [5.41, 5.74) is 0. The molecule has 0 aromatic carbocycles. The van der Waals surface area contributed by atoms with Crippen LogP contribution in [0.4, 0.5) is 0 Å². The maximum Gasteiger partial charge on any atom is 0.0518 e. The number of allylic oxidation sites excluding steroid dienone is 2. The lowest BCUT2D eigenvalue weighted by Gasteiger charge is -2.19. The topological polar surface area (TPSA) is 0 Å². The minimum absolute atomic E-state index is 0.290. The largest absolute Gasteiger partial charge is 0.118 e. The summed E-state index contributed by atoms with van der Waals surface area (Å²) in [6.07, 6.45) is 7.94. The molecule has 2 heteroatoms. The minimum atomic E-state index is 0.290. The van der Waals surface area contributed by atoms with E-state index in [1.807, 2.05) is 0 Å². The molecule has 2 unspecified atom stereocenters. The number of hydrogen-bond acceptors (Lipinski definition) is 0. The molecule has 0 aliphatic heterocycles. The molecule has 0 radical (unpaired) electrons. The predicted molar refractivity (Wildman–Crippen MR) is 49.9 cm³/mol. The molecule has 1 aliphatic carbocycles. The monoisotopic (exact) mass is 222 g/mol. The quantitative estimate of drug-likeness (QED) is 0.498. The van der Waals surface area contributed by atoms with Crippen LogP contribution < -0.4 is 0 Å². The van der Waals surface area contributed by atoms with Crippen LogP contribution in [0.2, 0.25) is 0 Å². The molecular weight excluding hydrogens is 211 g/mol. The van der Waals surface area contributed by atoms with Gasteiger partial charge in [0.2, 0.25) is 0 Å². The van der Waals surface area contributed by atoms with Crippen LogP contribution in [0.1, 0.15) is 19.3 Å². The first kappa shape index (κ1) is 8.61. The van der Waals surface area contributed by atoms with E-state index in [4.69, 9.17) is 11.6 Å². The molecule has 0 aromatic heterocycles. The van der Waals surface area contributed by atoms with E-state index in [0.717, 1.165) is 17.7 Å². The van der Waals surface area contributed by atoms with Gasteiger partial charge in [-0.3, -0.25) is 0 Å². The van der Waals surface area contributed by atoms with Gasteiger partial charge in [-0.1, -0.05) is 28.1 Å². The van der Waals surface area contributed by atoms with E-state index in [0.29, 0.717) is 0 Å². The number of rotatable bonds is 2. The van der Waals surface area contributed by atoms with E-state index in [-0.39, 0.29) is 5.38 Å². The molecule has 0 spiro atoms. The molecule has 0 bridgehead atoms. The van der Waals surface area contributed by atoms with Crippen LogP contribution in [0.15, 0.2) is 12.2 Å². The number of halogens is 2. The van der Waals surface area contributed by atoms with Gasteiger partial charge in [0.15, 0.2) is 0 Å². The molecule has 0 saturated carbocycles. The van der Waals surface area contributed by atoms with E-state index >= 15 is 0 Å². The lowest BCUT2D eigenvalue weighted by atomic mass is 9.92. The number of alkyl halides is 2. The molecule has 0 aromatic rings. The fourth-order valence-corrected chi connectivity index (χ4v) is 2.30. The summed E-state index contributed by atoms with van der Waals surface area (Å²) in [6.45, 7) is 0. The third-order valence-electron chi connectivity index (χ3n) is 1.89. The zero-order valence-corrected chi connectivity index (χ0v) is 8.24. The van der Waals surface area contributed by atoms with Crippen LogP contribution in [0, 0.1) is 5.92 Å². The van der Waals surface area contributed by atoms with E-state index in [2.05, 4.69) is 28.1 Å². The highest BCUT2D eigenvalue weighted by Crippen LogP contribution is 2.25. The van der Waals surface area contributed by atoms with Crippen molar-refractivity contribution < 1.29 is 0 Å². The smallest absolute Gasteiger partial charge is 0.0518 e. The van der Waals surface area contributed by atoms with E-state index in [9.17, 15) is 0 Å². The van der Waals surface area contributed by atoms with Gasteiger partial charge in [-0.25, -0.2) is 0 Å². The second kappa shape index (κ2) is 4.40. The van der Waals surface area contributed by atoms with Crippen LogP contribution in [0.5, 0.6) is 0 Å². The SMILES string of the molecule is ClC1C=CCC(CCBr)C1. The third-order valence-corrected chi connectivity index (χ3v) is 2.67. The lowest BCUT2D eigenvalue weighted by Crippen LogP contribution is -2.11. The zero-order valence-electron chi connectivity index (χ0n) is 5.89.